The van der Waals surface area contributed by atoms with E-state index in [1.807, 2.05) is 31.1 Å². The highest BCUT2D eigenvalue weighted by molar-refractivity contribution is 5.99. The van der Waals surface area contributed by atoms with Gasteiger partial charge < -0.3 is 25.0 Å². The number of anilines is 1. The number of carbonyl (C=O) groups excluding carboxylic acids is 2. The highest BCUT2D eigenvalue weighted by Gasteiger charge is 2.17. The summed E-state index contributed by atoms with van der Waals surface area (Å²) in [5.74, 6) is 0.340. The van der Waals surface area contributed by atoms with E-state index in [1.165, 1.54) is 14.2 Å². The summed E-state index contributed by atoms with van der Waals surface area (Å²) in [6, 6.07) is 12.4. The zero-order chi connectivity index (χ0) is 19.8. The van der Waals surface area contributed by atoms with Crippen LogP contribution >= 0.6 is 0 Å². The number of carbonyl (C=O) groups is 2. The Kier molecular flexibility index (Phi) is 7.05. The van der Waals surface area contributed by atoms with Gasteiger partial charge in [-0.1, -0.05) is 6.07 Å². The van der Waals surface area contributed by atoms with E-state index in [4.69, 9.17) is 9.47 Å². The Morgan fingerprint density at radius 2 is 1.37 bits per heavy atom. The van der Waals surface area contributed by atoms with E-state index < -0.39 is 0 Å². The molecule has 7 nitrogen and oxygen atoms in total. The highest BCUT2D eigenvalue weighted by Crippen LogP contribution is 2.27. The second-order valence-corrected chi connectivity index (χ2v) is 5.99. The van der Waals surface area contributed by atoms with Crippen LogP contribution in [0.1, 0.15) is 20.7 Å². The fourth-order valence-electron chi connectivity index (χ4n) is 2.53. The van der Waals surface area contributed by atoms with Crippen molar-refractivity contribution in [3.63, 3.8) is 0 Å². The molecule has 0 radical (unpaired) electrons. The predicted molar refractivity (Wildman–Crippen MR) is 105 cm³/mol. The molecule has 2 rings (SSSR count). The van der Waals surface area contributed by atoms with Gasteiger partial charge in [0.1, 0.15) is 17.1 Å². The molecule has 2 aromatic carbocycles. The fourth-order valence-corrected chi connectivity index (χ4v) is 2.53. The molecule has 0 aliphatic carbocycles. The number of ether oxygens (including phenoxy) is 2. The Bertz CT molecular complexity index is 766. The summed E-state index contributed by atoms with van der Waals surface area (Å²) in [6.07, 6.45) is 0. The van der Waals surface area contributed by atoms with E-state index in [-0.39, 0.29) is 18.4 Å². The van der Waals surface area contributed by atoms with Crippen LogP contribution in [0, 0.1) is 0 Å². The van der Waals surface area contributed by atoms with Gasteiger partial charge in [-0.3, -0.25) is 9.59 Å². The fraction of sp³-hybridized carbons (Fsp3) is 0.300. The first-order valence-electron chi connectivity index (χ1n) is 8.52. The number of hydrogen-bond acceptors (Lipinski definition) is 5. The van der Waals surface area contributed by atoms with Gasteiger partial charge in [0.05, 0.1) is 14.2 Å². The summed E-state index contributed by atoms with van der Waals surface area (Å²) in [7, 11) is 6.86. The van der Waals surface area contributed by atoms with Crippen molar-refractivity contribution in [1.29, 1.82) is 0 Å². The van der Waals surface area contributed by atoms with Crippen molar-refractivity contribution >= 4 is 17.5 Å². The average molecular weight is 371 g/mol. The second-order valence-electron chi connectivity index (χ2n) is 5.99. The molecule has 144 valence electrons. The third-order valence-corrected chi connectivity index (χ3v) is 4.00. The predicted octanol–water partition coefficient (Wildman–Crippen LogP) is 1.93. The molecule has 27 heavy (non-hydrogen) atoms. The Hall–Kier alpha value is -3.22. The van der Waals surface area contributed by atoms with E-state index in [9.17, 15) is 9.59 Å². The summed E-state index contributed by atoms with van der Waals surface area (Å²) < 4.78 is 10.4. The quantitative estimate of drug-likeness (QED) is 0.693. The third kappa shape index (κ3) is 5.13. The Morgan fingerprint density at radius 1 is 0.852 bits per heavy atom. The zero-order valence-electron chi connectivity index (χ0n) is 16.0. The van der Waals surface area contributed by atoms with Gasteiger partial charge in [0.25, 0.3) is 11.8 Å². The van der Waals surface area contributed by atoms with E-state index in [0.717, 1.165) is 5.69 Å². The van der Waals surface area contributed by atoms with Crippen LogP contribution in [0.3, 0.4) is 0 Å². The minimum Gasteiger partial charge on any atom is -0.496 e. The maximum atomic E-state index is 12.4. The van der Waals surface area contributed by atoms with Crippen LogP contribution in [0.2, 0.25) is 0 Å². The van der Waals surface area contributed by atoms with Gasteiger partial charge in [-0.25, -0.2) is 0 Å². The summed E-state index contributed by atoms with van der Waals surface area (Å²) in [5, 5.41) is 5.54. The van der Waals surface area contributed by atoms with E-state index in [1.54, 1.807) is 30.3 Å². The molecule has 2 aromatic rings. The smallest absolute Gasteiger partial charge is 0.258 e. The SMILES string of the molecule is COc1cccc(OC)c1C(=O)NCCNC(=O)c1ccc(N(C)C)cc1. The van der Waals surface area contributed by atoms with Gasteiger partial charge in [0, 0.05) is 38.4 Å². The number of methoxy groups -OCH3 is 2. The number of benzene rings is 2. The lowest BCUT2D eigenvalue weighted by Gasteiger charge is -2.14. The molecule has 0 unspecified atom stereocenters. The Balaban J connectivity index is 1.88. The average Bonchev–Trinajstić information content (AvgIpc) is 2.70. The molecule has 0 aromatic heterocycles. The minimum absolute atomic E-state index is 0.190. The van der Waals surface area contributed by atoms with Gasteiger partial charge >= 0.3 is 0 Å². The number of rotatable bonds is 8. The first kappa shape index (κ1) is 20.1. The second kappa shape index (κ2) is 9.47. The summed E-state index contributed by atoms with van der Waals surface area (Å²) in [5.41, 5.74) is 1.91. The van der Waals surface area contributed by atoms with E-state index in [0.29, 0.717) is 29.2 Å². The van der Waals surface area contributed by atoms with Crippen LogP contribution < -0.4 is 25.0 Å². The summed E-state index contributed by atoms with van der Waals surface area (Å²) in [6.45, 7) is 0.582. The molecule has 2 amide bonds. The summed E-state index contributed by atoms with van der Waals surface area (Å²) in [4.78, 5) is 26.6. The zero-order valence-corrected chi connectivity index (χ0v) is 16.0. The number of amides is 2. The van der Waals surface area contributed by atoms with Crippen LogP contribution in [0.15, 0.2) is 42.5 Å². The maximum absolute atomic E-state index is 12.4. The Labute approximate surface area is 159 Å². The number of hydrogen-bond donors (Lipinski definition) is 2. The molecule has 0 spiro atoms. The van der Waals surface area contributed by atoms with Crippen LogP contribution in [-0.4, -0.2) is 53.2 Å². The van der Waals surface area contributed by atoms with Crippen molar-refractivity contribution in [1.82, 2.24) is 10.6 Å². The van der Waals surface area contributed by atoms with Crippen molar-refractivity contribution in [2.75, 3.05) is 46.3 Å². The lowest BCUT2D eigenvalue weighted by molar-refractivity contribution is 0.0924. The van der Waals surface area contributed by atoms with Crippen molar-refractivity contribution in [3.05, 3.63) is 53.6 Å². The number of nitrogens with zero attached hydrogens (tertiary/aromatic N) is 1. The lowest BCUT2D eigenvalue weighted by Crippen LogP contribution is -2.35. The van der Waals surface area contributed by atoms with Gasteiger partial charge in [-0.05, 0) is 36.4 Å². The largest absolute Gasteiger partial charge is 0.496 e. The number of nitrogens with one attached hydrogen (secondary N) is 2. The molecule has 7 heteroatoms. The molecule has 0 bridgehead atoms. The molecule has 2 N–H and O–H groups in total. The van der Waals surface area contributed by atoms with Gasteiger partial charge in [0.2, 0.25) is 0 Å². The minimum atomic E-state index is -0.325. The van der Waals surface area contributed by atoms with E-state index >= 15 is 0 Å². The Morgan fingerprint density at radius 3 is 1.85 bits per heavy atom. The molecular formula is C20H25N3O4. The first-order valence-corrected chi connectivity index (χ1v) is 8.52. The monoisotopic (exact) mass is 371 g/mol. The van der Waals surface area contributed by atoms with Crippen LogP contribution in [0.4, 0.5) is 5.69 Å². The summed E-state index contributed by atoms with van der Waals surface area (Å²) >= 11 is 0. The maximum Gasteiger partial charge on any atom is 0.258 e. The van der Waals surface area contributed by atoms with E-state index in [2.05, 4.69) is 10.6 Å². The molecule has 0 atom stereocenters. The normalized spacial score (nSPS) is 10.1. The molecule has 0 fully saturated rings. The van der Waals surface area contributed by atoms with Crippen LogP contribution in [0.25, 0.3) is 0 Å². The molecule has 0 heterocycles. The topological polar surface area (TPSA) is 79.9 Å². The standard InChI is InChI=1S/C20H25N3O4/c1-23(2)15-10-8-14(9-11-15)19(24)21-12-13-22-20(25)18-16(26-3)6-5-7-17(18)27-4/h5-11H,12-13H2,1-4H3,(H,21,24)(H,22,25). The van der Waals surface area contributed by atoms with Crippen molar-refractivity contribution < 1.29 is 19.1 Å². The molecule has 0 saturated heterocycles. The molecule has 0 aliphatic heterocycles. The van der Waals surface area contributed by atoms with Crippen LogP contribution in [-0.2, 0) is 0 Å². The van der Waals surface area contributed by atoms with Gasteiger partial charge in [0.15, 0.2) is 0 Å². The lowest BCUT2D eigenvalue weighted by atomic mass is 10.1. The van der Waals surface area contributed by atoms with Crippen molar-refractivity contribution in [3.8, 4) is 11.5 Å². The van der Waals surface area contributed by atoms with Crippen molar-refractivity contribution in [2.24, 2.45) is 0 Å². The molecular weight excluding hydrogens is 346 g/mol. The highest BCUT2D eigenvalue weighted by atomic mass is 16.5. The van der Waals surface area contributed by atoms with Gasteiger partial charge in [-0.2, -0.15) is 0 Å². The first-order chi connectivity index (χ1) is 13.0. The third-order valence-electron chi connectivity index (χ3n) is 4.00. The molecule has 0 saturated carbocycles. The van der Waals surface area contributed by atoms with Crippen LogP contribution in [0.5, 0.6) is 11.5 Å². The molecule has 0 aliphatic rings. The van der Waals surface area contributed by atoms with Gasteiger partial charge in [-0.15, -0.1) is 0 Å². The van der Waals surface area contributed by atoms with Crippen molar-refractivity contribution in [2.45, 2.75) is 0 Å².